The summed E-state index contributed by atoms with van der Waals surface area (Å²) >= 11 is 0. The fourth-order valence-corrected chi connectivity index (χ4v) is 2.57. The van der Waals surface area contributed by atoms with Gasteiger partial charge < -0.3 is 20.5 Å². The van der Waals surface area contributed by atoms with Gasteiger partial charge in [0.15, 0.2) is 0 Å². The molecule has 2 unspecified atom stereocenters. The van der Waals surface area contributed by atoms with E-state index < -0.39 is 5.97 Å². The lowest BCUT2D eigenvalue weighted by Crippen LogP contribution is -2.44. The Hall–Kier alpha value is -1.82. The van der Waals surface area contributed by atoms with Gasteiger partial charge in [0, 0.05) is 19.7 Å². The smallest absolute Gasteiger partial charge is 0.338 e. The van der Waals surface area contributed by atoms with Gasteiger partial charge in [0.1, 0.15) is 5.82 Å². The van der Waals surface area contributed by atoms with Crippen LogP contribution >= 0.6 is 0 Å². The first-order valence-electron chi connectivity index (χ1n) is 6.31. The number of hydrogen-bond acceptors (Lipinski definition) is 5. The molecule has 1 fully saturated rings. The van der Waals surface area contributed by atoms with Crippen molar-refractivity contribution in [3.63, 3.8) is 0 Å². The zero-order chi connectivity index (χ0) is 14.0. The number of aromatic nitrogens is 1. The van der Waals surface area contributed by atoms with Crippen LogP contribution in [0, 0.1) is 0 Å². The molecule has 104 valence electrons. The predicted octanol–water partition coefficient (Wildman–Crippen LogP) is 1.37. The number of piperidine rings is 1. The molecule has 6 heteroatoms. The molecule has 0 amide bonds. The van der Waals surface area contributed by atoms with Gasteiger partial charge in [-0.25, -0.2) is 9.78 Å². The van der Waals surface area contributed by atoms with E-state index in [1.54, 1.807) is 13.3 Å². The summed E-state index contributed by atoms with van der Waals surface area (Å²) < 4.78 is 5.36. The number of nitrogens with zero attached hydrogens (tertiary/aromatic N) is 2. The van der Waals surface area contributed by atoms with E-state index in [0.717, 1.165) is 19.4 Å². The summed E-state index contributed by atoms with van der Waals surface area (Å²) in [5.74, 6) is -0.759. The molecule has 1 aliphatic heterocycles. The highest BCUT2D eigenvalue weighted by Gasteiger charge is 2.28. The maximum atomic E-state index is 11.3. The van der Waals surface area contributed by atoms with Crippen LogP contribution in [0.3, 0.4) is 0 Å². The van der Waals surface area contributed by atoms with Gasteiger partial charge in [0.05, 0.1) is 23.6 Å². The number of hydrogen-bond donors (Lipinski definition) is 2. The zero-order valence-corrected chi connectivity index (χ0v) is 11.2. The summed E-state index contributed by atoms with van der Waals surface area (Å²) in [6.45, 7) is 2.82. The highest BCUT2D eigenvalue weighted by atomic mass is 16.5. The monoisotopic (exact) mass is 265 g/mol. The number of nitrogens with two attached hydrogens (primary N) is 1. The van der Waals surface area contributed by atoms with Gasteiger partial charge in [-0.2, -0.15) is 0 Å². The first-order chi connectivity index (χ1) is 9.02. The number of nitrogen functional groups attached to an aromatic ring is 1. The highest BCUT2D eigenvalue weighted by molar-refractivity contribution is 5.95. The number of carboxylic acids is 1. The lowest BCUT2D eigenvalue weighted by Gasteiger charge is -2.39. The zero-order valence-electron chi connectivity index (χ0n) is 11.2. The summed E-state index contributed by atoms with van der Waals surface area (Å²) in [6.07, 6.45) is 3.54. The van der Waals surface area contributed by atoms with Crippen LogP contribution in [-0.4, -0.2) is 41.9 Å². The quantitative estimate of drug-likeness (QED) is 0.858. The van der Waals surface area contributed by atoms with E-state index in [-0.39, 0.29) is 23.5 Å². The fourth-order valence-electron chi connectivity index (χ4n) is 2.57. The summed E-state index contributed by atoms with van der Waals surface area (Å²) in [7, 11) is 1.71. The van der Waals surface area contributed by atoms with Crippen LogP contribution in [0.25, 0.3) is 0 Å². The molecule has 0 saturated carbocycles. The summed E-state index contributed by atoms with van der Waals surface area (Å²) in [4.78, 5) is 17.4. The molecule has 19 heavy (non-hydrogen) atoms. The molecule has 1 aliphatic rings. The van der Waals surface area contributed by atoms with Crippen LogP contribution in [0.2, 0.25) is 0 Å². The van der Waals surface area contributed by atoms with Gasteiger partial charge in [-0.3, -0.25) is 0 Å². The average molecular weight is 265 g/mol. The van der Waals surface area contributed by atoms with Crippen molar-refractivity contribution in [2.75, 3.05) is 24.3 Å². The first-order valence-corrected chi connectivity index (χ1v) is 6.31. The van der Waals surface area contributed by atoms with Crippen molar-refractivity contribution in [2.45, 2.75) is 31.9 Å². The van der Waals surface area contributed by atoms with Gasteiger partial charge in [0.25, 0.3) is 0 Å². The molecule has 0 radical (unpaired) electrons. The lowest BCUT2D eigenvalue weighted by atomic mass is 9.99. The van der Waals surface area contributed by atoms with Crippen LogP contribution in [0.4, 0.5) is 11.5 Å². The fraction of sp³-hybridized carbons (Fsp3) is 0.538. The lowest BCUT2D eigenvalue weighted by molar-refractivity contribution is 0.0690. The summed E-state index contributed by atoms with van der Waals surface area (Å²) in [6, 6.07) is 1.62. The molecule has 6 nitrogen and oxygen atoms in total. The number of aromatic carboxylic acids is 1. The second kappa shape index (κ2) is 5.44. The van der Waals surface area contributed by atoms with E-state index >= 15 is 0 Å². The van der Waals surface area contributed by atoms with Crippen LogP contribution in [0.15, 0.2) is 12.3 Å². The number of pyridine rings is 1. The van der Waals surface area contributed by atoms with E-state index in [2.05, 4.69) is 16.8 Å². The van der Waals surface area contributed by atoms with Crippen LogP contribution in [-0.2, 0) is 4.74 Å². The number of methoxy groups -OCH3 is 1. The van der Waals surface area contributed by atoms with Crippen molar-refractivity contribution in [3.8, 4) is 0 Å². The predicted molar refractivity (Wildman–Crippen MR) is 72.4 cm³/mol. The van der Waals surface area contributed by atoms with Gasteiger partial charge in [-0.1, -0.05) is 0 Å². The SMILES string of the molecule is COC1CCN(c2cnc(N)cc2C(=O)O)C(C)C1. The Labute approximate surface area is 112 Å². The summed E-state index contributed by atoms with van der Waals surface area (Å²) in [5, 5.41) is 9.27. The van der Waals surface area contributed by atoms with Crippen molar-refractivity contribution in [1.82, 2.24) is 4.98 Å². The second-order valence-electron chi connectivity index (χ2n) is 4.86. The van der Waals surface area contributed by atoms with Crippen LogP contribution < -0.4 is 10.6 Å². The Balaban J connectivity index is 2.29. The van der Waals surface area contributed by atoms with Gasteiger partial charge in [-0.15, -0.1) is 0 Å². The molecular formula is C13H19N3O3. The Morgan fingerprint density at radius 3 is 2.95 bits per heavy atom. The number of carbonyl (C=O) groups is 1. The van der Waals surface area contributed by atoms with Gasteiger partial charge >= 0.3 is 5.97 Å². The molecule has 3 N–H and O–H groups in total. The van der Waals surface area contributed by atoms with Gasteiger partial charge in [-0.05, 0) is 25.8 Å². The minimum atomic E-state index is -0.981. The maximum absolute atomic E-state index is 11.3. The Morgan fingerprint density at radius 1 is 1.63 bits per heavy atom. The average Bonchev–Trinajstić information content (AvgIpc) is 2.39. The standard InChI is InChI=1S/C13H19N3O3/c1-8-5-9(19-2)3-4-16(8)11-7-15-12(14)6-10(11)13(17)18/h6-9H,3-5H2,1-2H3,(H2,14,15)(H,17,18). The van der Waals surface area contributed by atoms with Crippen molar-refractivity contribution >= 4 is 17.5 Å². The van der Waals surface area contributed by atoms with Gasteiger partial charge in [0.2, 0.25) is 0 Å². The third-order valence-corrected chi connectivity index (χ3v) is 3.61. The van der Waals surface area contributed by atoms with Crippen LogP contribution in [0.1, 0.15) is 30.1 Å². The third-order valence-electron chi connectivity index (χ3n) is 3.61. The number of ether oxygens (including phenoxy) is 1. The minimum absolute atomic E-state index is 0.204. The normalized spacial score (nSPS) is 23.4. The summed E-state index contributed by atoms with van der Waals surface area (Å²) in [5.41, 5.74) is 6.39. The molecule has 2 rings (SSSR count). The molecule has 0 spiro atoms. The Kier molecular flexibility index (Phi) is 3.90. The topological polar surface area (TPSA) is 88.7 Å². The third kappa shape index (κ3) is 2.78. The van der Waals surface area contributed by atoms with Crippen molar-refractivity contribution in [1.29, 1.82) is 0 Å². The molecule has 0 aliphatic carbocycles. The Morgan fingerprint density at radius 2 is 2.37 bits per heavy atom. The number of anilines is 2. The molecule has 0 bridgehead atoms. The van der Waals surface area contributed by atoms with E-state index in [1.807, 2.05) is 0 Å². The number of rotatable bonds is 3. The van der Waals surface area contributed by atoms with Crippen LogP contribution in [0.5, 0.6) is 0 Å². The van der Waals surface area contributed by atoms with E-state index in [1.165, 1.54) is 6.07 Å². The molecule has 1 saturated heterocycles. The van der Waals surface area contributed by atoms with E-state index in [0.29, 0.717) is 5.69 Å². The van der Waals surface area contributed by atoms with Crippen molar-refractivity contribution in [2.24, 2.45) is 0 Å². The maximum Gasteiger partial charge on any atom is 0.338 e. The molecule has 0 aromatic carbocycles. The molecule has 2 atom stereocenters. The Bertz CT molecular complexity index is 478. The first kappa shape index (κ1) is 13.6. The molecular weight excluding hydrogens is 246 g/mol. The molecule has 1 aromatic heterocycles. The molecule has 1 aromatic rings. The highest BCUT2D eigenvalue weighted by Crippen LogP contribution is 2.29. The second-order valence-corrected chi connectivity index (χ2v) is 4.86. The largest absolute Gasteiger partial charge is 0.478 e. The van der Waals surface area contributed by atoms with Crippen molar-refractivity contribution < 1.29 is 14.6 Å². The van der Waals surface area contributed by atoms with Crippen molar-refractivity contribution in [3.05, 3.63) is 17.8 Å². The number of carboxylic acid groups (broad SMARTS) is 1. The van der Waals surface area contributed by atoms with E-state index in [9.17, 15) is 9.90 Å². The minimum Gasteiger partial charge on any atom is -0.478 e. The molecule has 2 heterocycles. The van der Waals surface area contributed by atoms with E-state index in [4.69, 9.17) is 10.5 Å².